The zero-order valence-electron chi connectivity index (χ0n) is 13.1. The molecule has 0 amide bonds. The van der Waals surface area contributed by atoms with Gasteiger partial charge in [-0.25, -0.2) is 0 Å². The molecule has 21 heavy (non-hydrogen) atoms. The summed E-state index contributed by atoms with van der Waals surface area (Å²) in [6.45, 7) is 9.54. The second-order valence-corrected chi connectivity index (χ2v) is 7.87. The van der Waals surface area contributed by atoms with Gasteiger partial charge in [-0.3, -0.25) is 9.59 Å². The van der Waals surface area contributed by atoms with E-state index in [4.69, 9.17) is 0 Å². The average molecular weight is 389 g/mol. The minimum atomic E-state index is 0.134. The van der Waals surface area contributed by atoms with Crippen molar-refractivity contribution in [3.63, 3.8) is 0 Å². The van der Waals surface area contributed by atoms with Crippen LogP contribution in [0.15, 0.2) is 0 Å². The van der Waals surface area contributed by atoms with Crippen LogP contribution in [-0.2, 0) is 26.4 Å². The smallest absolute Gasteiger partial charge is 0.186 e. The lowest BCUT2D eigenvalue weighted by Crippen LogP contribution is -2.06. The van der Waals surface area contributed by atoms with Crippen LogP contribution in [0.4, 0.5) is 0 Å². The topological polar surface area (TPSA) is 34.1 Å². The van der Waals surface area contributed by atoms with Gasteiger partial charge in [0, 0.05) is 30.7 Å². The van der Waals surface area contributed by atoms with Crippen molar-refractivity contribution in [2.75, 3.05) is 0 Å². The lowest BCUT2D eigenvalue weighted by molar-refractivity contribution is -0.109. The van der Waals surface area contributed by atoms with Gasteiger partial charge >= 0.3 is 0 Å². The van der Waals surface area contributed by atoms with Crippen molar-refractivity contribution in [1.29, 1.82) is 0 Å². The summed E-state index contributed by atoms with van der Waals surface area (Å²) in [5, 5.41) is 1.06. The number of carbonyl (C=O) groups is 2. The molecule has 0 aliphatic heterocycles. The normalized spacial score (nSPS) is 10.8. The first-order valence-corrected chi connectivity index (χ1v) is 9.81. The van der Waals surface area contributed by atoms with Gasteiger partial charge in [0.05, 0.1) is 0 Å². The van der Waals surface area contributed by atoms with E-state index in [0.717, 1.165) is 5.33 Å². The first-order valence-electron chi connectivity index (χ1n) is 6.72. The van der Waals surface area contributed by atoms with Gasteiger partial charge in [-0.1, -0.05) is 39.5 Å². The molecule has 0 aliphatic rings. The van der Waals surface area contributed by atoms with Gasteiger partial charge in [0.15, 0.2) is 10.2 Å². The maximum Gasteiger partial charge on any atom is 0.186 e. The van der Waals surface area contributed by atoms with Crippen LogP contribution in [0.3, 0.4) is 0 Å². The van der Waals surface area contributed by atoms with Crippen molar-refractivity contribution in [1.82, 2.24) is 0 Å². The number of alkyl halides is 1. The Hall–Kier alpha value is -0.260. The third kappa shape index (κ3) is 4.86. The Labute approximate surface area is 144 Å². The van der Waals surface area contributed by atoms with E-state index >= 15 is 0 Å². The monoisotopic (exact) mass is 388 g/mol. The minimum absolute atomic E-state index is 0.134. The quantitative estimate of drug-likeness (QED) is 0.659. The maximum absolute atomic E-state index is 11.3. The average Bonchev–Trinajstić information content (AvgIpc) is 2.38. The predicted molar refractivity (Wildman–Crippen MR) is 97.2 cm³/mol. The Balaban J connectivity index is 3.31. The summed E-state index contributed by atoms with van der Waals surface area (Å²) in [4.78, 5) is 22.5. The fourth-order valence-corrected chi connectivity index (χ4v) is 4.77. The maximum atomic E-state index is 11.3. The van der Waals surface area contributed by atoms with Crippen LogP contribution in [0.1, 0.15) is 47.2 Å². The van der Waals surface area contributed by atoms with Gasteiger partial charge in [-0.05, 0) is 54.2 Å². The van der Waals surface area contributed by atoms with Crippen molar-refractivity contribution < 1.29 is 9.59 Å². The predicted octanol–water partition coefficient (Wildman–Crippen LogP) is 5.07. The highest BCUT2D eigenvalue weighted by Crippen LogP contribution is 2.33. The van der Waals surface area contributed by atoms with E-state index in [-0.39, 0.29) is 10.2 Å². The lowest BCUT2D eigenvalue weighted by atomic mass is 9.90. The third-order valence-electron chi connectivity index (χ3n) is 3.69. The molecule has 1 aromatic rings. The number of hydrogen-bond acceptors (Lipinski definition) is 4. The number of thioether (sulfide) groups is 2. The SMILES string of the molecule is CC(=O)SCc1c(C)c(CBr)c(C)c(CSC(C)=O)c1C. The fraction of sp³-hybridized carbons (Fsp3) is 0.500. The van der Waals surface area contributed by atoms with Gasteiger partial charge in [0.2, 0.25) is 0 Å². The molecule has 0 saturated heterocycles. The van der Waals surface area contributed by atoms with Gasteiger partial charge in [0.1, 0.15) is 0 Å². The summed E-state index contributed by atoms with van der Waals surface area (Å²) in [5.41, 5.74) is 7.47. The zero-order valence-corrected chi connectivity index (χ0v) is 16.4. The molecule has 0 radical (unpaired) electrons. The van der Waals surface area contributed by atoms with E-state index in [0.29, 0.717) is 11.5 Å². The molecule has 0 atom stereocenters. The molecule has 5 heteroatoms. The van der Waals surface area contributed by atoms with Crippen LogP contribution in [0.5, 0.6) is 0 Å². The lowest BCUT2D eigenvalue weighted by Gasteiger charge is -2.21. The first-order chi connectivity index (χ1) is 9.79. The highest BCUT2D eigenvalue weighted by atomic mass is 79.9. The highest BCUT2D eigenvalue weighted by Gasteiger charge is 2.17. The van der Waals surface area contributed by atoms with E-state index in [9.17, 15) is 9.59 Å². The Morgan fingerprint density at radius 2 is 1.14 bits per heavy atom. The molecule has 0 N–H and O–H groups in total. The van der Waals surface area contributed by atoms with Crippen LogP contribution in [0.25, 0.3) is 0 Å². The van der Waals surface area contributed by atoms with Gasteiger partial charge < -0.3 is 0 Å². The number of carbonyl (C=O) groups excluding carboxylic acids is 2. The molecule has 0 unspecified atom stereocenters. The molecule has 0 aliphatic carbocycles. The fourth-order valence-electron chi connectivity index (χ4n) is 2.37. The Morgan fingerprint density at radius 3 is 1.43 bits per heavy atom. The standard InChI is InChI=1S/C16H21BrO2S2/c1-9-14(6-17)10(2)16(8-21-13(5)19)11(3)15(9)7-20-12(4)18/h6-8H2,1-5H3. The summed E-state index contributed by atoms with van der Waals surface area (Å²) < 4.78 is 0. The van der Waals surface area contributed by atoms with Crippen LogP contribution < -0.4 is 0 Å². The molecular weight excluding hydrogens is 368 g/mol. The second kappa shape index (κ2) is 8.39. The van der Waals surface area contributed by atoms with Crippen molar-refractivity contribution in [3.05, 3.63) is 33.4 Å². The van der Waals surface area contributed by atoms with E-state index in [2.05, 4.69) is 36.7 Å². The number of hydrogen-bond donors (Lipinski definition) is 0. The van der Waals surface area contributed by atoms with Crippen molar-refractivity contribution in [2.24, 2.45) is 0 Å². The molecule has 1 rings (SSSR count). The summed E-state index contributed by atoms with van der Waals surface area (Å²) >= 11 is 6.25. The van der Waals surface area contributed by atoms with E-state index < -0.39 is 0 Å². The molecule has 116 valence electrons. The summed E-state index contributed by atoms with van der Waals surface area (Å²) in [7, 11) is 0. The summed E-state index contributed by atoms with van der Waals surface area (Å²) in [6, 6.07) is 0. The van der Waals surface area contributed by atoms with E-state index in [1.807, 2.05) is 0 Å². The van der Waals surface area contributed by atoms with Gasteiger partial charge in [0.25, 0.3) is 0 Å². The van der Waals surface area contributed by atoms with E-state index in [1.165, 1.54) is 56.9 Å². The molecular formula is C16H21BrO2S2. The van der Waals surface area contributed by atoms with Gasteiger partial charge in [-0.2, -0.15) is 0 Å². The van der Waals surface area contributed by atoms with Gasteiger partial charge in [-0.15, -0.1) is 0 Å². The second-order valence-electron chi connectivity index (χ2n) is 5.00. The van der Waals surface area contributed by atoms with Crippen LogP contribution >= 0.6 is 39.5 Å². The largest absolute Gasteiger partial charge is 0.288 e. The molecule has 0 fully saturated rings. The third-order valence-corrected chi connectivity index (χ3v) is 5.93. The van der Waals surface area contributed by atoms with Crippen LogP contribution in [0.2, 0.25) is 0 Å². The Kier molecular flexibility index (Phi) is 7.51. The molecule has 1 aromatic carbocycles. The first kappa shape index (κ1) is 18.8. The molecule has 2 nitrogen and oxygen atoms in total. The number of halogens is 1. The molecule has 0 aromatic heterocycles. The van der Waals surface area contributed by atoms with Crippen molar-refractivity contribution in [3.8, 4) is 0 Å². The van der Waals surface area contributed by atoms with E-state index in [1.54, 1.807) is 13.8 Å². The van der Waals surface area contributed by atoms with Crippen LogP contribution in [-0.4, -0.2) is 10.2 Å². The summed E-state index contributed by atoms with van der Waals surface area (Å²) in [5.74, 6) is 1.40. The molecule has 0 heterocycles. The van der Waals surface area contributed by atoms with Crippen molar-refractivity contribution in [2.45, 2.75) is 51.5 Å². The van der Waals surface area contributed by atoms with Crippen molar-refractivity contribution >= 4 is 49.7 Å². The summed E-state index contributed by atoms with van der Waals surface area (Å²) in [6.07, 6.45) is 0. The molecule has 0 spiro atoms. The Morgan fingerprint density at radius 1 is 0.810 bits per heavy atom. The minimum Gasteiger partial charge on any atom is -0.288 e. The zero-order chi connectivity index (χ0) is 16.2. The molecule has 0 bridgehead atoms. The Bertz CT molecular complexity index is 523. The number of rotatable bonds is 5. The highest BCUT2D eigenvalue weighted by molar-refractivity contribution is 9.08. The van der Waals surface area contributed by atoms with Crippen LogP contribution in [0, 0.1) is 20.8 Å². The molecule has 0 saturated carbocycles. The number of benzene rings is 1.